The maximum Gasteiger partial charge on any atom is 0.185 e. The predicted octanol–water partition coefficient (Wildman–Crippen LogP) is 2.27. The predicted molar refractivity (Wildman–Crippen MR) is 85.8 cm³/mol. The van der Waals surface area contributed by atoms with Crippen molar-refractivity contribution >= 4 is 16.5 Å². The van der Waals surface area contributed by atoms with Crippen LogP contribution >= 0.6 is 11.3 Å². The normalized spacial score (nSPS) is 24.4. The Morgan fingerprint density at radius 2 is 2.15 bits per heavy atom. The van der Waals surface area contributed by atoms with Crippen molar-refractivity contribution in [3.05, 3.63) is 10.6 Å². The zero-order valence-electron chi connectivity index (χ0n) is 12.9. The summed E-state index contributed by atoms with van der Waals surface area (Å²) in [6.07, 6.45) is 2.67. The third-order valence-electron chi connectivity index (χ3n) is 4.45. The minimum atomic E-state index is 0.620. The van der Waals surface area contributed by atoms with Gasteiger partial charge in [-0.1, -0.05) is 6.92 Å². The van der Waals surface area contributed by atoms with Crippen molar-refractivity contribution in [2.75, 3.05) is 38.1 Å². The van der Waals surface area contributed by atoms with Crippen molar-refractivity contribution in [2.24, 2.45) is 0 Å². The summed E-state index contributed by atoms with van der Waals surface area (Å²) in [6, 6.07) is 0.620. The van der Waals surface area contributed by atoms with Crippen LogP contribution in [0.2, 0.25) is 0 Å². The molecule has 0 spiro atoms. The van der Waals surface area contributed by atoms with Gasteiger partial charge in [0.05, 0.1) is 5.69 Å². The molecule has 2 fully saturated rings. The molecule has 0 radical (unpaired) electrons. The quantitative estimate of drug-likeness (QED) is 0.903. The average molecular weight is 294 g/mol. The first-order valence-electron chi connectivity index (χ1n) is 7.84. The lowest BCUT2D eigenvalue weighted by Crippen LogP contribution is -2.50. The topological polar surface area (TPSA) is 31.4 Å². The minimum absolute atomic E-state index is 0.620. The molecule has 20 heavy (non-hydrogen) atoms. The zero-order valence-corrected chi connectivity index (χ0v) is 13.7. The summed E-state index contributed by atoms with van der Waals surface area (Å²) in [5.41, 5.74) is 1.39. The average Bonchev–Trinajstić information content (AvgIpc) is 3.20. The van der Waals surface area contributed by atoms with Gasteiger partial charge in [-0.05, 0) is 33.4 Å². The van der Waals surface area contributed by atoms with E-state index in [1.807, 2.05) is 11.3 Å². The summed E-state index contributed by atoms with van der Waals surface area (Å²) in [4.78, 5) is 11.4. The van der Waals surface area contributed by atoms with Gasteiger partial charge in [-0.25, -0.2) is 4.98 Å². The fourth-order valence-corrected chi connectivity index (χ4v) is 3.90. The van der Waals surface area contributed by atoms with Crippen molar-refractivity contribution in [3.63, 3.8) is 0 Å². The summed E-state index contributed by atoms with van der Waals surface area (Å²) in [5, 5.41) is 4.71. The van der Waals surface area contributed by atoms with Crippen LogP contribution in [0.25, 0.3) is 0 Å². The number of rotatable bonds is 5. The number of nitrogens with zero attached hydrogens (tertiary/aromatic N) is 3. The Hall–Kier alpha value is -0.650. The lowest BCUT2D eigenvalue weighted by atomic mass is 10.2. The molecule has 2 heterocycles. The van der Waals surface area contributed by atoms with E-state index in [4.69, 9.17) is 4.98 Å². The Kier molecular flexibility index (Phi) is 4.29. The van der Waals surface area contributed by atoms with Crippen molar-refractivity contribution < 1.29 is 0 Å². The maximum atomic E-state index is 4.99. The van der Waals surface area contributed by atoms with Crippen LogP contribution in [-0.4, -0.2) is 49.2 Å². The van der Waals surface area contributed by atoms with E-state index in [1.165, 1.54) is 28.5 Å². The molecule has 0 amide bonds. The molecule has 5 heteroatoms. The number of aromatic nitrogens is 1. The van der Waals surface area contributed by atoms with Gasteiger partial charge in [0, 0.05) is 43.0 Å². The summed E-state index contributed by atoms with van der Waals surface area (Å²) < 4.78 is 0. The third kappa shape index (κ3) is 3.00. The van der Waals surface area contributed by atoms with Gasteiger partial charge in [-0.3, -0.25) is 0 Å². The lowest BCUT2D eigenvalue weighted by molar-refractivity contribution is 0.234. The van der Waals surface area contributed by atoms with E-state index in [2.05, 4.69) is 36.0 Å². The van der Waals surface area contributed by atoms with E-state index in [9.17, 15) is 0 Å². The van der Waals surface area contributed by atoms with Crippen LogP contribution in [0.15, 0.2) is 0 Å². The molecule has 4 nitrogen and oxygen atoms in total. The highest BCUT2D eigenvalue weighted by molar-refractivity contribution is 7.15. The fourth-order valence-electron chi connectivity index (χ4n) is 2.75. The molecule has 1 aliphatic heterocycles. The van der Waals surface area contributed by atoms with Gasteiger partial charge in [-0.2, -0.15) is 0 Å². The Bertz CT molecular complexity index is 455. The number of piperazine rings is 1. The second-order valence-electron chi connectivity index (χ2n) is 6.14. The van der Waals surface area contributed by atoms with Gasteiger partial charge in [0.25, 0.3) is 0 Å². The van der Waals surface area contributed by atoms with Gasteiger partial charge in [-0.15, -0.1) is 11.3 Å². The van der Waals surface area contributed by atoms with Crippen LogP contribution in [-0.2, 0) is 6.54 Å². The van der Waals surface area contributed by atoms with Crippen LogP contribution in [0.1, 0.15) is 43.2 Å². The van der Waals surface area contributed by atoms with E-state index in [1.54, 1.807) is 0 Å². The molecule has 1 saturated heterocycles. The van der Waals surface area contributed by atoms with E-state index < -0.39 is 0 Å². The summed E-state index contributed by atoms with van der Waals surface area (Å²) >= 11 is 1.91. The monoisotopic (exact) mass is 294 g/mol. The molecule has 3 rings (SSSR count). The van der Waals surface area contributed by atoms with Crippen LogP contribution in [0.3, 0.4) is 0 Å². The van der Waals surface area contributed by atoms with Crippen molar-refractivity contribution in [1.82, 2.24) is 15.2 Å². The molecule has 1 aromatic heterocycles. The standard InChI is InChI=1S/C15H26N4S/c1-4-16-9-13-14(12-5-6-12)17-15(20-13)19-8-7-18(3)11(2)10-19/h11-12,16H,4-10H2,1-3H3. The minimum Gasteiger partial charge on any atom is -0.345 e. The van der Waals surface area contributed by atoms with E-state index >= 15 is 0 Å². The molecule has 0 bridgehead atoms. The first-order chi connectivity index (χ1) is 9.69. The molecular formula is C15H26N4S. The van der Waals surface area contributed by atoms with E-state index in [-0.39, 0.29) is 0 Å². The Morgan fingerprint density at radius 3 is 2.80 bits per heavy atom. The summed E-state index contributed by atoms with van der Waals surface area (Å²) in [6.45, 7) is 9.85. The zero-order chi connectivity index (χ0) is 14.1. The maximum absolute atomic E-state index is 4.99. The smallest absolute Gasteiger partial charge is 0.185 e. The molecule has 1 N–H and O–H groups in total. The van der Waals surface area contributed by atoms with E-state index in [0.717, 1.165) is 38.6 Å². The molecule has 1 saturated carbocycles. The van der Waals surface area contributed by atoms with E-state index in [0.29, 0.717) is 6.04 Å². The fraction of sp³-hybridized carbons (Fsp3) is 0.800. The number of thiazole rings is 1. The number of nitrogens with one attached hydrogen (secondary N) is 1. The number of hydrogen-bond donors (Lipinski definition) is 1. The molecular weight excluding hydrogens is 268 g/mol. The van der Waals surface area contributed by atoms with Gasteiger partial charge >= 0.3 is 0 Å². The van der Waals surface area contributed by atoms with Crippen molar-refractivity contribution in [2.45, 2.75) is 45.2 Å². The Morgan fingerprint density at radius 1 is 1.35 bits per heavy atom. The summed E-state index contributed by atoms with van der Waals surface area (Å²) in [7, 11) is 2.22. The van der Waals surface area contributed by atoms with Crippen LogP contribution in [0.5, 0.6) is 0 Å². The SMILES string of the molecule is CCNCc1sc(N2CCN(C)C(C)C2)nc1C1CC1. The van der Waals surface area contributed by atoms with Crippen LogP contribution < -0.4 is 10.2 Å². The highest BCUT2D eigenvalue weighted by Gasteiger charge is 2.31. The third-order valence-corrected chi connectivity index (χ3v) is 5.58. The van der Waals surface area contributed by atoms with Crippen LogP contribution in [0.4, 0.5) is 5.13 Å². The second-order valence-corrected chi connectivity index (χ2v) is 7.20. The molecule has 112 valence electrons. The number of likely N-dealkylation sites (N-methyl/N-ethyl adjacent to an activating group) is 1. The molecule has 1 atom stereocenters. The number of hydrogen-bond acceptors (Lipinski definition) is 5. The molecule has 2 aliphatic rings. The molecule has 1 aromatic rings. The Labute approximate surface area is 126 Å². The Balaban J connectivity index is 1.75. The largest absolute Gasteiger partial charge is 0.345 e. The van der Waals surface area contributed by atoms with Gasteiger partial charge < -0.3 is 15.1 Å². The first kappa shape index (κ1) is 14.3. The second kappa shape index (κ2) is 6.00. The summed E-state index contributed by atoms with van der Waals surface area (Å²) in [5.74, 6) is 0.749. The van der Waals surface area contributed by atoms with Gasteiger partial charge in [0.1, 0.15) is 0 Å². The molecule has 0 aromatic carbocycles. The lowest BCUT2D eigenvalue weighted by Gasteiger charge is -2.37. The molecule has 1 unspecified atom stereocenters. The first-order valence-corrected chi connectivity index (χ1v) is 8.66. The number of anilines is 1. The van der Waals surface area contributed by atoms with Gasteiger partial charge in [0.2, 0.25) is 0 Å². The molecule has 1 aliphatic carbocycles. The van der Waals surface area contributed by atoms with Crippen molar-refractivity contribution in [3.8, 4) is 0 Å². The highest BCUT2D eigenvalue weighted by atomic mass is 32.1. The van der Waals surface area contributed by atoms with Crippen LogP contribution in [0, 0.1) is 0 Å². The highest BCUT2D eigenvalue weighted by Crippen LogP contribution is 2.44. The van der Waals surface area contributed by atoms with Gasteiger partial charge in [0.15, 0.2) is 5.13 Å². The van der Waals surface area contributed by atoms with Crippen molar-refractivity contribution in [1.29, 1.82) is 0 Å².